The summed E-state index contributed by atoms with van der Waals surface area (Å²) in [5.41, 5.74) is 3.37. The summed E-state index contributed by atoms with van der Waals surface area (Å²) in [5, 5.41) is 3.38. The Balaban J connectivity index is 2.35. The van der Waals surface area contributed by atoms with Gasteiger partial charge < -0.3 is 5.32 Å². The van der Waals surface area contributed by atoms with Crippen molar-refractivity contribution in [3.8, 4) is 0 Å². The Labute approximate surface area is 131 Å². The lowest BCUT2D eigenvalue weighted by molar-refractivity contribution is 0.589. The molecule has 2 aromatic carbocycles. The Kier molecular flexibility index (Phi) is 4.70. The largest absolute Gasteiger partial charge is 0.309 e. The van der Waals surface area contributed by atoms with Gasteiger partial charge in [-0.2, -0.15) is 0 Å². The van der Waals surface area contributed by atoms with Crippen molar-refractivity contribution in [2.75, 3.05) is 7.05 Å². The second kappa shape index (κ2) is 6.17. The van der Waals surface area contributed by atoms with Crippen molar-refractivity contribution < 1.29 is 4.39 Å². The van der Waals surface area contributed by atoms with Gasteiger partial charge in [-0.25, -0.2) is 4.39 Å². The third kappa shape index (κ3) is 3.63. The highest BCUT2D eigenvalue weighted by Gasteiger charge is 2.16. The molecule has 0 aromatic heterocycles. The van der Waals surface area contributed by atoms with Crippen LogP contribution in [0.4, 0.5) is 4.39 Å². The SMILES string of the molecule is CNC(c1ccc(C(C)(C)C)cc1)c1ccc(Cl)c(F)c1. The van der Waals surface area contributed by atoms with Crippen LogP contribution in [0.2, 0.25) is 5.02 Å². The third-order valence-corrected chi connectivity index (χ3v) is 3.98. The van der Waals surface area contributed by atoms with E-state index in [1.165, 1.54) is 11.6 Å². The summed E-state index contributed by atoms with van der Waals surface area (Å²) in [5.74, 6) is -0.388. The Bertz CT molecular complexity index is 614. The van der Waals surface area contributed by atoms with Crippen molar-refractivity contribution >= 4 is 11.6 Å². The summed E-state index contributed by atoms with van der Waals surface area (Å²) in [6.45, 7) is 6.56. The minimum Gasteiger partial charge on any atom is -0.309 e. The molecule has 0 amide bonds. The highest BCUT2D eigenvalue weighted by molar-refractivity contribution is 6.30. The molecular weight excluding hydrogens is 285 g/mol. The van der Waals surface area contributed by atoms with Crippen LogP contribution in [0.1, 0.15) is 43.5 Å². The minimum absolute atomic E-state index is 0.0502. The highest BCUT2D eigenvalue weighted by atomic mass is 35.5. The van der Waals surface area contributed by atoms with Crippen molar-refractivity contribution in [2.24, 2.45) is 0 Å². The molecule has 0 bridgehead atoms. The maximum absolute atomic E-state index is 13.7. The molecule has 1 atom stereocenters. The van der Waals surface area contributed by atoms with Crippen molar-refractivity contribution in [3.05, 3.63) is 70.0 Å². The molecule has 0 saturated heterocycles. The van der Waals surface area contributed by atoms with E-state index in [0.29, 0.717) is 0 Å². The second-order valence-corrected chi connectivity index (χ2v) is 6.67. The predicted molar refractivity (Wildman–Crippen MR) is 87.5 cm³/mol. The number of hydrogen-bond acceptors (Lipinski definition) is 1. The van der Waals surface area contributed by atoms with Crippen molar-refractivity contribution in [2.45, 2.75) is 32.2 Å². The van der Waals surface area contributed by atoms with Gasteiger partial charge in [0, 0.05) is 0 Å². The standard InChI is InChI=1S/C18H21ClFN/c1-18(2,3)14-8-5-12(6-9-14)17(21-4)13-7-10-15(19)16(20)11-13/h5-11,17,21H,1-4H3. The van der Waals surface area contributed by atoms with Gasteiger partial charge in [0.15, 0.2) is 0 Å². The average Bonchev–Trinajstić information content (AvgIpc) is 2.43. The Morgan fingerprint density at radius 2 is 1.57 bits per heavy atom. The average molecular weight is 306 g/mol. The summed E-state index contributed by atoms with van der Waals surface area (Å²) in [7, 11) is 1.87. The molecule has 0 radical (unpaired) electrons. The first-order valence-electron chi connectivity index (χ1n) is 7.05. The van der Waals surface area contributed by atoms with Gasteiger partial charge in [0.25, 0.3) is 0 Å². The van der Waals surface area contributed by atoms with Crippen LogP contribution in [0.3, 0.4) is 0 Å². The summed E-state index contributed by atoms with van der Waals surface area (Å²) in [6, 6.07) is 13.3. The van der Waals surface area contributed by atoms with E-state index in [4.69, 9.17) is 11.6 Å². The van der Waals surface area contributed by atoms with Crippen LogP contribution < -0.4 is 5.32 Å². The molecule has 0 fully saturated rings. The van der Waals surface area contributed by atoms with Crippen LogP contribution in [-0.2, 0) is 5.41 Å². The molecule has 0 aliphatic heterocycles. The summed E-state index contributed by atoms with van der Waals surface area (Å²) >= 11 is 5.75. The van der Waals surface area contributed by atoms with E-state index in [1.807, 2.05) is 13.1 Å². The fourth-order valence-corrected chi connectivity index (χ4v) is 2.51. The lowest BCUT2D eigenvalue weighted by Gasteiger charge is -2.22. The predicted octanol–water partition coefficient (Wildman–Crippen LogP) is 5.09. The molecule has 1 unspecified atom stereocenters. The molecule has 0 aliphatic carbocycles. The van der Waals surface area contributed by atoms with Gasteiger partial charge in [-0.15, -0.1) is 0 Å². The number of halogens is 2. The van der Waals surface area contributed by atoms with Crippen LogP contribution in [0, 0.1) is 5.82 Å². The zero-order chi connectivity index (χ0) is 15.6. The molecule has 0 heterocycles. The van der Waals surface area contributed by atoms with Crippen LogP contribution in [0.25, 0.3) is 0 Å². The zero-order valence-electron chi connectivity index (χ0n) is 12.9. The topological polar surface area (TPSA) is 12.0 Å². The van der Waals surface area contributed by atoms with E-state index in [-0.39, 0.29) is 22.3 Å². The molecule has 21 heavy (non-hydrogen) atoms. The Hall–Kier alpha value is -1.38. The normalized spacial score (nSPS) is 13.2. The zero-order valence-corrected chi connectivity index (χ0v) is 13.6. The lowest BCUT2D eigenvalue weighted by Crippen LogP contribution is -2.18. The van der Waals surface area contributed by atoms with E-state index in [2.05, 4.69) is 50.4 Å². The Morgan fingerprint density at radius 1 is 1.00 bits per heavy atom. The molecule has 1 nitrogen and oxygen atoms in total. The monoisotopic (exact) mass is 305 g/mol. The molecule has 2 rings (SSSR count). The molecule has 0 aliphatic rings. The third-order valence-electron chi connectivity index (χ3n) is 3.68. The van der Waals surface area contributed by atoms with E-state index >= 15 is 0 Å². The van der Waals surface area contributed by atoms with Crippen LogP contribution in [0.15, 0.2) is 42.5 Å². The summed E-state index contributed by atoms with van der Waals surface area (Å²) in [4.78, 5) is 0. The molecular formula is C18H21ClFN. The van der Waals surface area contributed by atoms with Gasteiger partial charge in [-0.05, 0) is 41.3 Å². The smallest absolute Gasteiger partial charge is 0.142 e. The van der Waals surface area contributed by atoms with Crippen LogP contribution >= 0.6 is 11.6 Å². The summed E-state index contributed by atoms with van der Waals surface area (Å²) in [6.07, 6.45) is 0. The first-order chi connectivity index (χ1) is 9.82. The van der Waals surface area contributed by atoms with Gasteiger partial charge in [0.2, 0.25) is 0 Å². The fourth-order valence-electron chi connectivity index (χ4n) is 2.39. The molecule has 0 spiro atoms. The minimum atomic E-state index is -0.388. The molecule has 112 valence electrons. The van der Waals surface area contributed by atoms with E-state index in [0.717, 1.165) is 11.1 Å². The second-order valence-electron chi connectivity index (χ2n) is 6.27. The number of rotatable bonds is 3. The number of benzene rings is 2. The van der Waals surface area contributed by atoms with Gasteiger partial charge in [0.1, 0.15) is 5.82 Å². The highest BCUT2D eigenvalue weighted by Crippen LogP contribution is 2.28. The summed E-state index contributed by atoms with van der Waals surface area (Å²) < 4.78 is 13.7. The first kappa shape index (κ1) is 16.0. The quantitative estimate of drug-likeness (QED) is 0.833. The first-order valence-corrected chi connectivity index (χ1v) is 7.43. The molecule has 2 aromatic rings. The number of nitrogens with one attached hydrogen (secondary N) is 1. The van der Waals surface area contributed by atoms with Crippen molar-refractivity contribution in [3.63, 3.8) is 0 Å². The van der Waals surface area contributed by atoms with E-state index in [1.54, 1.807) is 6.07 Å². The lowest BCUT2D eigenvalue weighted by atomic mass is 9.86. The maximum Gasteiger partial charge on any atom is 0.142 e. The number of hydrogen-bond donors (Lipinski definition) is 1. The molecule has 0 saturated carbocycles. The van der Waals surface area contributed by atoms with E-state index in [9.17, 15) is 4.39 Å². The van der Waals surface area contributed by atoms with Crippen LogP contribution in [-0.4, -0.2) is 7.05 Å². The fraction of sp³-hybridized carbons (Fsp3) is 0.333. The van der Waals surface area contributed by atoms with Gasteiger partial charge in [-0.1, -0.05) is 62.7 Å². The molecule has 3 heteroatoms. The van der Waals surface area contributed by atoms with Gasteiger partial charge >= 0.3 is 0 Å². The maximum atomic E-state index is 13.7. The van der Waals surface area contributed by atoms with Gasteiger partial charge in [-0.3, -0.25) is 0 Å². The van der Waals surface area contributed by atoms with Crippen LogP contribution in [0.5, 0.6) is 0 Å². The van der Waals surface area contributed by atoms with E-state index < -0.39 is 0 Å². The van der Waals surface area contributed by atoms with Crippen molar-refractivity contribution in [1.29, 1.82) is 0 Å². The van der Waals surface area contributed by atoms with Gasteiger partial charge in [0.05, 0.1) is 11.1 Å². The van der Waals surface area contributed by atoms with Crippen molar-refractivity contribution in [1.82, 2.24) is 5.32 Å². The molecule has 1 N–H and O–H groups in total. The Morgan fingerprint density at radius 3 is 2.05 bits per heavy atom.